The Morgan fingerprint density at radius 3 is 1.46 bits per heavy atom. The summed E-state index contributed by atoms with van der Waals surface area (Å²) in [6.45, 7) is 9.11. The van der Waals surface area contributed by atoms with Gasteiger partial charge >= 0.3 is 0 Å². The van der Waals surface area contributed by atoms with Crippen LogP contribution < -0.4 is 10.6 Å². The van der Waals surface area contributed by atoms with Crippen LogP contribution in [0.1, 0.15) is 79.1 Å². The fourth-order valence-corrected chi connectivity index (χ4v) is 4.49. The van der Waals surface area contributed by atoms with E-state index in [0.717, 1.165) is 62.7 Å². The van der Waals surface area contributed by atoms with Crippen LogP contribution in [0.4, 0.5) is 11.4 Å². The zero-order chi connectivity index (χ0) is 20.4. The molecule has 2 amide bonds. The molecule has 2 saturated carbocycles. The third-order valence-corrected chi connectivity index (χ3v) is 6.82. The molecular formula is C24H36N2O2. The van der Waals surface area contributed by atoms with Crippen molar-refractivity contribution in [3.05, 3.63) is 24.3 Å². The number of amides is 2. The number of benzene rings is 1. The molecule has 0 atom stereocenters. The fourth-order valence-electron chi connectivity index (χ4n) is 4.49. The van der Waals surface area contributed by atoms with E-state index in [0.29, 0.717) is 10.8 Å². The van der Waals surface area contributed by atoms with Gasteiger partial charge in [0.2, 0.25) is 11.8 Å². The van der Waals surface area contributed by atoms with Crippen molar-refractivity contribution in [1.29, 1.82) is 0 Å². The molecule has 4 nitrogen and oxygen atoms in total. The largest absolute Gasteiger partial charge is 0.326 e. The Balaban J connectivity index is 1.54. The minimum Gasteiger partial charge on any atom is -0.326 e. The quantitative estimate of drug-likeness (QED) is 0.669. The lowest BCUT2D eigenvalue weighted by Gasteiger charge is -2.33. The molecule has 0 heterocycles. The van der Waals surface area contributed by atoms with E-state index in [4.69, 9.17) is 0 Å². The van der Waals surface area contributed by atoms with Crippen LogP contribution in [0, 0.1) is 22.7 Å². The first-order chi connectivity index (χ1) is 13.1. The van der Waals surface area contributed by atoms with Gasteiger partial charge < -0.3 is 10.6 Å². The van der Waals surface area contributed by atoms with Crippen molar-refractivity contribution < 1.29 is 9.59 Å². The molecule has 3 rings (SSSR count). The molecule has 1 aromatic rings. The van der Waals surface area contributed by atoms with Crippen LogP contribution in [0.15, 0.2) is 24.3 Å². The molecule has 0 aliphatic heterocycles. The summed E-state index contributed by atoms with van der Waals surface area (Å²) in [4.78, 5) is 25.2. The van der Waals surface area contributed by atoms with Gasteiger partial charge in [-0.3, -0.25) is 9.59 Å². The van der Waals surface area contributed by atoms with Crippen LogP contribution in [-0.2, 0) is 9.59 Å². The summed E-state index contributed by atoms with van der Waals surface area (Å²) in [5.41, 5.74) is 2.24. The zero-order valence-electron chi connectivity index (χ0n) is 17.9. The lowest BCUT2D eigenvalue weighted by atomic mass is 9.73. The van der Waals surface area contributed by atoms with Crippen molar-refractivity contribution in [2.45, 2.75) is 79.1 Å². The van der Waals surface area contributed by atoms with Crippen LogP contribution in [0.25, 0.3) is 0 Å². The average Bonchev–Trinajstić information content (AvgIpc) is 2.61. The Labute approximate surface area is 169 Å². The normalized spacial score (nSPS) is 22.4. The van der Waals surface area contributed by atoms with Gasteiger partial charge in [-0.05, 0) is 80.4 Å². The standard InChI is InChI=1S/C24H36N2O2/c1-23(2)12-8-17(9-13-23)21(27)25-19-6-5-7-20(16-19)26-22(28)18-10-14-24(3,4)15-11-18/h5-7,16-18H,8-15H2,1-4H3,(H,25,27)(H,26,28). The number of carbonyl (C=O) groups is 2. The second-order valence-electron chi connectivity index (χ2n) is 10.4. The molecule has 0 aromatic heterocycles. The summed E-state index contributed by atoms with van der Waals surface area (Å²) in [6, 6.07) is 7.54. The highest BCUT2D eigenvalue weighted by Crippen LogP contribution is 2.39. The summed E-state index contributed by atoms with van der Waals surface area (Å²) in [5, 5.41) is 6.11. The Morgan fingerprint density at radius 2 is 1.11 bits per heavy atom. The van der Waals surface area contributed by atoms with Crippen molar-refractivity contribution >= 4 is 23.2 Å². The number of carbonyl (C=O) groups excluding carboxylic acids is 2. The minimum absolute atomic E-state index is 0.0943. The Kier molecular flexibility index (Phi) is 6.16. The van der Waals surface area contributed by atoms with Crippen LogP contribution in [0.3, 0.4) is 0 Å². The van der Waals surface area contributed by atoms with Gasteiger partial charge in [-0.15, -0.1) is 0 Å². The van der Waals surface area contributed by atoms with Gasteiger partial charge in [0.05, 0.1) is 0 Å². The van der Waals surface area contributed by atoms with Gasteiger partial charge in [0, 0.05) is 23.2 Å². The Bertz CT molecular complexity index is 646. The van der Waals surface area contributed by atoms with Crippen LogP contribution in [-0.4, -0.2) is 11.8 Å². The second-order valence-corrected chi connectivity index (χ2v) is 10.4. The third kappa shape index (κ3) is 5.59. The molecule has 0 bridgehead atoms. The van der Waals surface area contributed by atoms with Crippen LogP contribution >= 0.6 is 0 Å². The van der Waals surface area contributed by atoms with E-state index >= 15 is 0 Å². The molecule has 2 aliphatic carbocycles. The third-order valence-electron chi connectivity index (χ3n) is 6.82. The molecule has 2 aliphatic rings. The monoisotopic (exact) mass is 384 g/mol. The Morgan fingerprint density at radius 1 is 0.750 bits per heavy atom. The average molecular weight is 385 g/mol. The molecule has 0 spiro atoms. The first kappa shape index (κ1) is 20.9. The number of nitrogens with one attached hydrogen (secondary N) is 2. The highest BCUT2D eigenvalue weighted by atomic mass is 16.2. The summed E-state index contributed by atoms with van der Waals surface area (Å²) < 4.78 is 0. The highest BCUT2D eigenvalue weighted by Gasteiger charge is 2.31. The van der Waals surface area contributed by atoms with Crippen molar-refractivity contribution in [2.24, 2.45) is 22.7 Å². The van der Waals surface area contributed by atoms with Crippen molar-refractivity contribution in [3.8, 4) is 0 Å². The lowest BCUT2D eigenvalue weighted by molar-refractivity contribution is -0.122. The number of rotatable bonds is 4. The molecule has 0 radical (unpaired) electrons. The summed E-state index contributed by atoms with van der Waals surface area (Å²) in [5.74, 6) is 0.399. The maximum Gasteiger partial charge on any atom is 0.227 e. The molecule has 2 N–H and O–H groups in total. The topological polar surface area (TPSA) is 58.2 Å². The molecular weight excluding hydrogens is 348 g/mol. The predicted octanol–water partition coefficient (Wildman–Crippen LogP) is 6.00. The molecule has 154 valence electrons. The predicted molar refractivity (Wildman–Crippen MR) is 115 cm³/mol. The number of hydrogen-bond acceptors (Lipinski definition) is 2. The molecule has 28 heavy (non-hydrogen) atoms. The van der Waals surface area contributed by atoms with Gasteiger partial charge in [-0.1, -0.05) is 33.8 Å². The molecule has 0 saturated heterocycles. The van der Waals surface area contributed by atoms with Crippen molar-refractivity contribution in [2.75, 3.05) is 10.6 Å². The SMILES string of the molecule is CC1(C)CCC(C(=O)Nc2cccc(NC(=O)C3CCC(C)(C)CC3)c2)CC1. The van der Waals surface area contributed by atoms with E-state index < -0.39 is 0 Å². The maximum atomic E-state index is 12.6. The second kappa shape index (κ2) is 8.26. The summed E-state index contributed by atoms with van der Waals surface area (Å²) in [7, 11) is 0. The van der Waals surface area contributed by atoms with Crippen molar-refractivity contribution in [1.82, 2.24) is 0 Å². The number of anilines is 2. The van der Waals surface area contributed by atoms with Crippen molar-refractivity contribution in [3.63, 3.8) is 0 Å². The molecule has 1 aromatic carbocycles. The Hall–Kier alpha value is -1.84. The van der Waals surface area contributed by atoms with Crippen LogP contribution in [0.2, 0.25) is 0 Å². The van der Waals surface area contributed by atoms with E-state index in [1.54, 1.807) is 0 Å². The van der Waals surface area contributed by atoms with Crippen LogP contribution in [0.5, 0.6) is 0 Å². The molecule has 4 heteroatoms. The van der Waals surface area contributed by atoms with Gasteiger partial charge in [0.25, 0.3) is 0 Å². The highest BCUT2D eigenvalue weighted by molar-refractivity contribution is 5.95. The summed E-state index contributed by atoms with van der Waals surface area (Å²) >= 11 is 0. The first-order valence-electron chi connectivity index (χ1n) is 10.9. The van der Waals surface area contributed by atoms with Gasteiger partial charge in [0.1, 0.15) is 0 Å². The van der Waals surface area contributed by atoms with Gasteiger partial charge in [0.15, 0.2) is 0 Å². The van der Waals surface area contributed by atoms with E-state index in [1.165, 1.54) is 0 Å². The van der Waals surface area contributed by atoms with Gasteiger partial charge in [-0.25, -0.2) is 0 Å². The maximum absolute atomic E-state index is 12.6. The van der Waals surface area contributed by atoms with Gasteiger partial charge in [-0.2, -0.15) is 0 Å². The zero-order valence-corrected chi connectivity index (χ0v) is 17.9. The number of hydrogen-bond donors (Lipinski definition) is 2. The smallest absolute Gasteiger partial charge is 0.227 e. The van der Waals surface area contributed by atoms with E-state index in [-0.39, 0.29) is 23.7 Å². The minimum atomic E-state index is 0.0943. The molecule has 2 fully saturated rings. The van der Waals surface area contributed by atoms with E-state index in [2.05, 4.69) is 38.3 Å². The van der Waals surface area contributed by atoms with E-state index in [9.17, 15) is 9.59 Å². The lowest BCUT2D eigenvalue weighted by Crippen LogP contribution is -2.30. The fraction of sp³-hybridized carbons (Fsp3) is 0.667. The molecule has 0 unspecified atom stereocenters. The summed E-state index contributed by atoms with van der Waals surface area (Å²) in [6.07, 6.45) is 8.19. The van der Waals surface area contributed by atoms with E-state index in [1.807, 2.05) is 24.3 Å². The first-order valence-corrected chi connectivity index (χ1v) is 10.9.